The summed E-state index contributed by atoms with van der Waals surface area (Å²) in [6.07, 6.45) is -9.62. The molecular weight excluding hydrogens is 1160 g/mol. The third kappa shape index (κ3) is 17.0. The minimum atomic E-state index is -4.94. The molecule has 2 atom stereocenters. The summed E-state index contributed by atoms with van der Waals surface area (Å²) in [5, 5.41) is 2.56. The second-order valence-electron chi connectivity index (χ2n) is 25.7. The Morgan fingerprint density at radius 1 is 0.648 bits per heavy atom. The van der Waals surface area contributed by atoms with E-state index >= 15 is 0 Å². The number of alkyl carbamates (subject to hydrolysis) is 1. The fourth-order valence-corrected chi connectivity index (χ4v) is 10.9. The highest BCUT2D eigenvalue weighted by molar-refractivity contribution is 6.06. The summed E-state index contributed by atoms with van der Waals surface area (Å²) < 4.78 is 115. The van der Waals surface area contributed by atoms with E-state index in [-0.39, 0.29) is 68.7 Å². The van der Waals surface area contributed by atoms with Crippen LogP contribution >= 0.6 is 0 Å². The van der Waals surface area contributed by atoms with E-state index in [1.807, 2.05) is 6.07 Å². The number of carbonyl (C=O) groups excluding carboxylic acids is 7. The lowest BCUT2D eigenvalue weighted by Crippen LogP contribution is -2.55. The molecule has 3 N–H and O–H groups in total. The fourth-order valence-electron chi connectivity index (χ4n) is 10.9. The van der Waals surface area contributed by atoms with Crippen LogP contribution in [0.5, 0.6) is 11.5 Å². The van der Waals surface area contributed by atoms with Gasteiger partial charge in [0.25, 0.3) is 23.6 Å². The highest BCUT2D eigenvalue weighted by Crippen LogP contribution is 2.47. The van der Waals surface area contributed by atoms with Crippen molar-refractivity contribution >= 4 is 53.3 Å². The molecule has 2 fully saturated rings. The number of hydrogen-bond acceptors (Lipinski definition) is 13. The Kier molecular flexibility index (Phi) is 21.4. The number of anilines is 2. The molecule has 0 unspecified atom stereocenters. The zero-order valence-corrected chi connectivity index (χ0v) is 52.6. The van der Waals surface area contributed by atoms with Crippen LogP contribution in [0.2, 0.25) is 0 Å². The number of hydrogen-bond donors (Lipinski definition) is 2. The van der Waals surface area contributed by atoms with E-state index in [0.717, 1.165) is 29.8 Å². The molecule has 4 aliphatic heterocycles. The number of nitrogens with zero attached hydrogens (tertiary/aromatic N) is 6. The molecule has 0 spiro atoms. The number of likely N-dealkylation sites (tertiary alicyclic amines) is 2. The number of alkyl halides is 6. The first-order chi connectivity index (χ1) is 40.6. The van der Waals surface area contributed by atoms with Crippen molar-refractivity contribution in [1.29, 1.82) is 0 Å². The molecule has 486 valence electrons. The first-order valence-electron chi connectivity index (χ1n) is 29.4. The van der Waals surface area contributed by atoms with Crippen LogP contribution in [0.15, 0.2) is 54.6 Å². The predicted molar refractivity (Wildman–Crippen MR) is 315 cm³/mol. The molecule has 7 rings (SSSR count). The number of rotatable bonds is 13. The summed E-state index contributed by atoms with van der Waals surface area (Å²) in [5.74, 6) is -3.17. The van der Waals surface area contributed by atoms with Gasteiger partial charge in [-0.3, -0.25) is 19.2 Å². The van der Waals surface area contributed by atoms with Crippen LogP contribution in [-0.4, -0.2) is 160 Å². The highest BCUT2D eigenvalue weighted by Gasteiger charge is 2.48. The molecule has 4 heterocycles. The Bertz CT molecular complexity index is 3050. The molecule has 0 bridgehead atoms. The molecule has 26 heteroatoms. The Morgan fingerprint density at radius 3 is 1.41 bits per heavy atom. The molecule has 88 heavy (non-hydrogen) atoms. The van der Waals surface area contributed by atoms with Gasteiger partial charge in [0.2, 0.25) is 0 Å². The zero-order chi connectivity index (χ0) is 65.8. The van der Waals surface area contributed by atoms with Gasteiger partial charge in [0, 0.05) is 64.4 Å². The van der Waals surface area contributed by atoms with Crippen LogP contribution in [0.25, 0.3) is 0 Å². The number of nitrogens with one attached hydrogen (secondary N) is 1. The van der Waals surface area contributed by atoms with Gasteiger partial charge in [-0.2, -0.15) is 26.3 Å². The van der Waals surface area contributed by atoms with Crippen molar-refractivity contribution in [1.82, 2.24) is 24.9 Å². The molecular formula is C62H84F6N8O12. The van der Waals surface area contributed by atoms with Gasteiger partial charge in [-0.25, -0.2) is 14.4 Å². The third-order valence-corrected chi connectivity index (χ3v) is 14.7. The van der Waals surface area contributed by atoms with Gasteiger partial charge in [-0.1, -0.05) is 30.3 Å². The van der Waals surface area contributed by atoms with Gasteiger partial charge in [0.05, 0.1) is 45.7 Å². The Balaban J connectivity index is 0.000000288. The van der Waals surface area contributed by atoms with E-state index in [1.165, 1.54) is 57.1 Å². The standard InChI is InChI=1S/C35H45F3N4O7.C27H39F3N4O5/c1-22(2)42(24-14-11-16-40(20-24)32(46)49-33(3,4)5)29(43)25-18-27-28(19-26(25)35(36,37)38)48-34(6,7)30(44)41(27)17-15-39-31(45)47-21-23-12-9-8-10-13-23;1-16(2)34(17-9-8-11-32(15-17)24(37)39-25(3,4)5)22(35)18-13-20-21(14-19(18)27(28,29)30)38-26(6,7)23(36)33(20)12-10-31/h8-10,12-13,18-19,22,24H,11,14-17,20-21H2,1-7H3,(H,39,45);13-14,16-17H,8-12,15,31H2,1-7H3/t24-;17-/m11/s1. The lowest BCUT2D eigenvalue weighted by molar-refractivity contribution is -0.139. The highest BCUT2D eigenvalue weighted by atomic mass is 19.4. The van der Waals surface area contributed by atoms with E-state index in [4.69, 9.17) is 29.4 Å². The van der Waals surface area contributed by atoms with Crippen molar-refractivity contribution in [2.45, 2.75) is 188 Å². The summed E-state index contributed by atoms with van der Waals surface area (Å²) in [6, 6.07) is 10.5. The van der Waals surface area contributed by atoms with Crippen LogP contribution < -0.4 is 30.3 Å². The largest absolute Gasteiger partial charge is 0.476 e. The summed E-state index contributed by atoms with van der Waals surface area (Å²) in [5.41, 5.74) is -1.55. The normalized spacial score (nSPS) is 18.4. The van der Waals surface area contributed by atoms with Gasteiger partial charge < -0.3 is 64.1 Å². The maximum Gasteiger partial charge on any atom is 0.417 e. The smallest absolute Gasteiger partial charge is 0.417 e. The fraction of sp³-hybridized carbons (Fsp3) is 0.597. The van der Waals surface area contributed by atoms with Gasteiger partial charge >= 0.3 is 30.6 Å². The number of halogens is 6. The molecule has 4 aliphatic rings. The summed E-state index contributed by atoms with van der Waals surface area (Å²) in [6.45, 7) is 23.9. The van der Waals surface area contributed by atoms with Crippen molar-refractivity contribution in [2.75, 3.05) is 62.2 Å². The number of amides is 7. The van der Waals surface area contributed by atoms with Crippen molar-refractivity contribution in [3.8, 4) is 11.5 Å². The van der Waals surface area contributed by atoms with Crippen molar-refractivity contribution in [2.24, 2.45) is 5.73 Å². The maximum atomic E-state index is 14.6. The number of nitrogens with two attached hydrogens (primary N) is 1. The molecule has 2 saturated heterocycles. The minimum Gasteiger partial charge on any atom is -0.476 e. The zero-order valence-electron chi connectivity index (χ0n) is 52.6. The second kappa shape index (κ2) is 27.1. The summed E-state index contributed by atoms with van der Waals surface area (Å²) in [7, 11) is 0. The number of carbonyl (C=O) groups is 7. The van der Waals surface area contributed by atoms with Crippen molar-refractivity contribution < 1.29 is 83.6 Å². The van der Waals surface area contributed by atoms with E-state index in [2.05, 4.69) is 5.32 Å². The van der Waals surface area contributed by atoms with Crippen molar-refractivity contribution in [3.63, 3.8) is 0 Å². The maximum absolute atomic E-state index is 14.6. The van der Waals surface area contributed by atoms with Crippen LogP contribution in [0.1, 0.15) is 160 Å². The molecule has 7 amide bonds. The first-order valence-corrected chi connectivity index (χ1v) is 29.4. The summed E-state index contributed by atoms with van der Waals surface area (Å²) >= 11 is 0. The minimum absolute atomic E-state index is 0.0214. The van der Waals surface area contributed by atoms with E-state index in [1.54, 1.807) is 93.5 Å². The predicted octanol–water partition coefficient (Wildman–Crippen LogP) is 10.8. The third-order valence-electron chi connectivity index (χ3n) is 14.7. The SMILES string of the molecule is CC(C)N(C(=O)c1cc2c(cc1C(F)(F)F)OC(C)(C)C(=O)N2CCN)[C@@H]1CCCN(C(=O)OC(C)(C)C)C1.CC(C)N(C(=O)c1cc2c(cc1C(F)(F)F)OC(C)(C)C(=O)N2CCNC(=O)OCc1ccccc1)[C@@H]1CCCN(C(=O)OC(C)(C)C)C1. The first kappa shape index (κ1) is 69.6. The lowest BCUT2D eigenvalue weighted by atomic mass is 9.96. The average Bonchev–Trinajstić information content (AvgIpc) is 1.30. The molecule has 3 aromatic carbocycles. The summed E-state index contributed by atoms with van der Waals surface area (Å²) in [4.78, 5) is 101. The molecule has 0 saturated carbocycles. The molecule has 0 radical (unpaired) electrons. The van der Waals surface area contributed by atoms with E-state index in [9.17, 15) is 59.9 Å². The topological polar surface area (TPSA) is 223 Å². The van der Waals surface area contributed by atoms with Gasteiger partial charge in [-0.15, -0.1) is 0 Å². The van der Waals surface area contributed by atoms with Crippen LogP contribution in [-0.2, 0) is 42.8 Å². The number of fused-ring (bicyclic) bond motifs is 2. The number of benzene rings is 3. The van der Waals surface area contributed by atoms with Gasteiger partial charge in [0.15, 0.2) is 11.2 Å². The van der Waals surface area contributed by atoms with E-state index in [0.29, 0.717) is 38.8 Å². The monoisotopic (exact) mass is 1250 g/mol. The van der Waals surface area contributed by atoms with Gasteiger partial charge in [0.1, 0.15) is 29.3 Å². The van der Waals surface area contributed by atoms with Crippen molar-refractivity contribution in [3.05, 3.63) is 82.4 Å². The quantitative estimate of drug-likeness (QED) is 0.120. The number of ether oxygens (including phenoxy) is 5. The molecule has 0 aliphatic carbocycles. The lowest BCUT2D eigenvalue weighted by Gasteiger charge is -2.42. The van der Waals surface area contributed by atoms with Gasteiger partial charge in [-0.05, 0) is 152 Å². The molecule has 3 aromatic rings. The Hall–Kier alpha value is -7.51. The average molecular weight is 1250 g/mol. The Morgan fingerprint density at radius 2 is 1.05 bits per heavy atom. The Labute approximate surface area is 510 Å². The molecule has 0 aromatic heterocycles. The second-order valence-corrected chi connectivity index (χ2v) is 25.7. The molecule has 20 nitrogen and oxygen atoms in total. The number of piperidine rings is 2. The van der Waals surface area contributed by atoms with Crippen LogP contribution in [0.3, 0.4) is 0 Å². The van der Waals surface area contributed by atoms with E-state index < -0.39 is 123 Å². The van der Waals surface area contributed by atoms with Crippen LogP contribution in [0.4, 0.5) is 52.1 Å². The van der Waals surface area contributed by atoms with Crippen LogP contribution in [0, 0.1) is 0 Å².